The van der Waals surface area contributed by atoms with Crippen LogP contribution in [0.3, 0.4) is 0 Å². The fraction of sp³-hybridized carbons (Fsp3) is 0.353. The predicted octanol–water partition coefficient (Wildman–Crippen LogP) is 2.28. The van der Waals surface area contributed by atoms with Crippen molar-refractivity contribution in [1.29, 1.82) is 0 Å². The maximum absolute atomic E-state index is 12.7. The van der Waals surface area contributed by atoms with Gasteiger partial charge in [0.05, 0.1) is 28.6 Å². The van der Waals surface area contributed by atoms with Gasteiger partial charge in [0.1, 0.15) is 0 Å². The Balaban J connectivity index is 2.32. The van der Waals surface area contributed by atoms with Crippen LogP contribution in [0.1, 0.15) is 28.7 Å². The van der Waals surface area contributed by atoms with Gasteiger partial charge in [-0.15, -0.1) is 0 Å². The summed E-state index contributed by atoms with van der Waals surface area (Å²) in [4.78, 5) is 25.1. The molecule has 0 spiro atoms. The Bertz CT molecular complexity index is 722. The van der Waals surface area contributed by atoms with Gasteiger partial charge in [-0.1, -0.05) is 25.1 Å². The lowest BCUT2D eigenvalue weighted by Gasteiger charge is -2.19. The van der Waals surface area contributed by atoms with E-state index < -0.39 is 11.9 Å². The lowest BCUT2D eigenvalue weighted by molar-refractivity contribution is -0.141. The quantitative estimate of drug-likeness (QED) is 0.918. The van der Waals surface area contributed by atoms with Crippen molar-refractivity contribution in [2.24, 2.45) is 5.92 Å². The second-order valence-electron chi connectivity index (χ2n) is 5.72. The fourth-order valence-electron chi connectivity index (χ4n) is 2.54. The van der Waals surface area contributed by atoms with Gasteiger partial charge in [0.2, 0.25) is 0 Å². The minimum Gasteiger partial charge on any atom is -0.481 e. The molecule has 1 atom stereocenters. The molecule has 122 valence electrons. The van der Waals surface area contributed by atoms with Gasteiger partial charge in [0.25, 0.3) is 5.91 Å². The van der Waals surface area contributed by atoms with E-state index in [9.17, 15) is 9.59 Å². The highest BCUT2D eigenvalue weighted by molar-refractivity contribution is 5.96. The summed E-state index contributed by atoms with van der Waals surface area (Å²) in [6.45, 7) is 5.37. The van der Waals surface area contributed by atoms with Gasteiger partial charge in [-0.25, -0.2) is 4.68 Å². The number of aliphatic carboxylic acids is 1. The number of hydrogen-bond donors (Lipinski definition) is 1. The Labute approximate surface area is 135 Å². The molecule has 0 aliphatic heterocycles. The van der Waals surface area contributed by atoms with Crippen molar-refractivity contribution in [3.05, 3.63) is 47.3 Å². The number of aromatic nitrogens is 2. The molecule has 1 aromatic heterocycles. The van der Waals surface area contributed by atoms with Crippen molar-refractivity contribution in [2.75, 3.05) is 13.6 Å². The maximum Gasteiger partial charge on any atom is 0.308 e. The molecule has 0 saturated heterocycles. The average molecular weight is 315 g/mol. The van der Waals surface area contributed by atoms with Crippen molar-refractivity contribution in [2.45, 2.75) is 20.8 Å². The van der Waals surface area contributed by atoms with Crippen LogP contribution in [0.2, 0.25) is 0 Å². The monoisotopic (exact) mass is 315 g/mol. The molecule has 1 unspecified atom stereocenters. The third-order valence-electron chi connectivity index (χ3n) is 3.82. The zero-order valence-electron chi connectivity index (χ0n) is 13.8. The molecule has 0 aliphatic rings. The van der Waals surface area contributed by atoms with Gasteiger partial charge in [-0.05, 0) is 26.0 Å². The summed E-state index contributed by atoms with van der Waals surface area (Å²) >= 11 is 0. The summed E-state index contributed by atoms with van der Waals surface area (Å²) in [5.41, 5.74) is 2.78. The van der Waals surface area contributed by atoms with E-state index in [-0.39, 0.29) is 12.5 Å². The Morgan fingerprint density at radius 2 is 1.87 bits per heavy atom. The number of para-hydroxylation sites is 1. The van der Waals surface area contributed by atoms with Crippen molar-refractivity contribution in [3.8, 4) is 5.69 Å². The average Bonchev–Trinajstić information content (AvgIpc) is 2.82. The van der Waals surface area contributed by atoms with E-state index in [4.69, 9.17) is 5.11 Å². The van der Waals surface area contributed by atoms with Crippen LogP contribution >= 0.6 is 0 Å². The topological polar surface area (TPSA) is 75.4 Å². The Hall–Kier alpha value is -2.63. The molecule has 1 amide bonds. The molecule has 2 aromatic rings. The summed E-state index contributed by atoms with van der Waals surface area (Å²) in [6.07, 6.45) is 0. The van der Waals surface area contributed by atoms with Gasteiger partial charge in [-0.2, -0.15) is 5.10 Å². The van der Waals surface area contributed by atoms with Gasteiger partial charge in [0.15, 0.2) is 0 Å². The number of carbonyl (C=O) groups is 2. The smallest absolute Gasteiger partial charge is 0.308 e. The summed E-state index contributed by atoms with van der Waals surface area (Å²) < 4.78 is 1.73. The summed E-state index contributed by atoms with van der Waals surface area (Å²) in [6, 6.07) is 9.58. The second-order valence-corrected chi connectivity index (χ2v) is 5.72. The van der Waals surface area contributed by atoms with E-state index in [0.717, 1.165) is 11.4 Å². The first kappa shape index (κ1) is 16.7. The number of carboxylic acids is 1. The SMILES string of the molecule is Cc1nn(-c2ccccc2)c(C)c1C(=O)N(C)CC(C)C(=O)O. The molecule has 0 bridgehead atoms. The maximum atomic E-state index is 12.7. The van der Waals surface area contributed by atoms with E-state index >= 15 is 0 Å². The van der Waals surface area contributed by atoms with E-state index in [0.29, 0.717) is 11.3 Å². The van der Waals surface area contributed by atoms with Crippen LogP contribution < -0.4 is 0 Å². The van der Waals surface area contributed by atoms with Crippen LogP contribution in [-0.4, -0.2) is 45.3 Å². The second kappa shape index (κ2) is 6.64. The minimum atomic E-state index is -0.918. The fourth-order valence-corrected chi connectivity index (χ4v) is 2.54. The standard InChI is InChI=1S/C17H21N3O3/c1-11(17(22)23)10-19(4)16(21)15-12(2)18-20(13(15)3)14-8-6-5-7-9-14/h5-9,11H,10H2,1-4H3,(H,22,23). The third-order valence-corrected chi connectivity index (χ3v) is 3.82. The van der Waals surface area contributed by atoms with Crippen molar-refractivity contribution in [3.63, 3.8) is 0 Å². The van der Waals surface area contributed by atoms with Gasteiger partial charge in [-0.3, -0.25) is 9.59 Å². The van der Waals surface area contributed by atoms with E-state index in [1.54, 1.807) is 25.6 Å². The first-order chi connectivity index (χ1) is 10.8. The predicted molar refractivity (Wildman–Crippen MR) is 86.8 cm³/mol. The van der Waals surface area contributed by atoms with Crippen LogP contribution in [0.4, 0.5) is 0 Å². The Morgan fingerprint density at radius 3 is 2.43 bits per heavy atom. The highest BCUT2D eigenvalue weighted by Crippen LogP contribution is 2.19. The Kier molecular flexibility index (Phi) is 4.83. The summed E-state index contributed by atoms with van der Waals surface area (Å²) in [5, 5.41) is 13.4. The van der Waals surface area contributed by atoms with E-state index in [1.165, 1.54) is 4.90 Å². The molecule has 0 fully saturated rings. The minimum absolute atomic E-state index is 0.156. The molecule has 0 saturated carbocycles. The van der Waals surface area contributed by atoms with E-state index in [1.807, 2.05) is 37.3 Å². The number of benzene rings is 1. The molecular formula is C17H21N3O3. The number of carbonyl (C=O) groups excluding carboxylic acids is 1. The molecule has 6 nitrogen and oxygen atoms in total. The van der Waals surface area contributed by atoms with Crippen LogP contribution in [0.25, 0.3) is 5.69 Å². The van der Waals surface area contributed by atoms with Crippen LogP contribution in [0.15, 0.2) is 30.3 Å². The number of nitrogens with zero attached hydrogens (tertiary/aromatic N) is 3. The van der Waals surface area contributed by atoms with Crippen molar-refractivity contribution < 1.29 is 14.7 Å². The largest absolute Gasteiger partial charge is 0.481 e. The Morgan fingerprint density at radius 1 is 1.26 bits per heavy atom. The first-order valence-corrected chi connectivity index (χ1v) is 7.42. The van der Waals surface area contributed by atoms with Crippen LogP contribution in [-0.2, 0) is 4.79 Å². The number of carboxylic acid groups (broad SMARTS) is 1. The molecule has 1 heterocycles. The summed E-state index contributed by atoms with van der Waals surface area (Å²) in [5.74, 6) is -1.75. The van der Waals surface area contributed by atoms with Gasteiger partial charge < -0.3 is 10.0 Å². The number of rotatable bonds is 5. The highest BCUT2D eigenvalue weighted by atomic mass is 16.4. The molecule has 6 heteroatoms. The summed E-state index contributed by atoms with van der Waals surface area (Å²) in [7, 11) is 1.61. The number of amides is 1. The van der Waals surface area contributed by atoms with Crippen LogP contribution in [0.5, 0.6) is 0 Å². The van der Waals surface area contributed by atoms with Crippen molar-refractivity contribution >= 4 is 11.9 Å². The van der Waals surface area contributed by atoms with Crippen molar-refractivity contribution in [1.82, 2.24) is 14.7 Å². The number of hydrogen-bond acceptors (Lipinski definition) is 3. The molecule has 1 aromatic carbocycles. The normalized spacial score (nSPS) is 12.0. The lowest BCUT2D eigenvalue weighted by Crippen LogP contribution is -2.34. The molecular weight excluding hydrogens is 294 g/mol. The van der Waals surface area contributed by atoms with Gasteiger partial charge in [0, 0.05) is 13.6 Å². The molecule has 0 radical (unpaired) electrons. The third kappa shape index (κ3) is 3.41. The van der Waals surface area contributed by atoms with E-state index in [2.05, 4.69) is 5.10 Å². The molecule has 23 heavy (non-hydrogen) atoms. The zero-order chi connectivity index (χ0) is 17.1. The van der Waals surface area contributed by atoms with Gasteiger partial charge >= 0.3 is 5.97 Å². The lowest BCUT2D eigenvalue weighted by atomic mass is 10.1. The first-order valence-electron chi connectivity index (χ1n) is 7.42. The zero-order valence-corrected chi connectivity index (χ0v) is 13.8. The molecule has 1 N–H and O–H groups in total. The number of aryl methyl sites for hydroxylation is 1. The molecule has 0 aliphatic carbocycles. The van der Waals surface area contributed by atoms with Crippen LogP contribution in [0, 0.1) is 19.8 Å². The highest BCUT2D eigenvalue weighted by Gasteiger charge is 2.24. The molecule has 2 rings (SSSR count).